The number of carboxylic acid groups (broad SMARTS) is 1. The summed E-state index contributed by atoms with van der Waals surface area (Å²) in [5, 5.41) is 18.3. The molecule has 0 spiro atoms. The molecule has 0 bridgehead atoms. The van der Waals surface area contributed by atoms with Crippen LogP contribution in [0.5, 0.6) is 0 Å². The number of unbranched alkanes of at least 4 members (excludes halogenated alkanes) is 5. The monoisotopic (exact) mass is 352 g/mol. The highest BCUT2D eigenvalue weighted by molar-refractivity contribution is 5.83. The van der Waals surface area contributed by atoms with Crippen LogP contribution in [0.15, 0.2) is 12.2 Å². The van der Waals surface area contributed by atoms with Crippen molar-refractivity contribution in [2.45, 2.75) is 90.6 Å². The molecule has 25 heavy (non-hydrogen) atoms. The Bertz CT molecular complexity index is 430. The third-order valence-electron chi connectivity index (χ3n) is 5.48. The van der Waals surface area contributed by atoms with Crippen LogP contribution in [0.3, 0.4) is 0 Å². The first-order valence-corrected chi connectivity index (χ1v) is 10.1. The third-order valence-corrected chi connectivity index (χ3v) is 5.48. The number of aliphatic carboxylic acids is 1. The highest BCUT2D eigenvalue weighted by Gasteiger charge is 2.32. The summed E-state index contributed by atoms with van der Waals surface area (Å²) in [6.07, 6.45) is 14.5. The average Bonchev–Trinajstić information content (AvgIpc) is 2.93. The minimum absolute atomic E-state index is 0.145. The van der Waals surface area contributed by atoms with Crippen molar-refractivity contribution >= 4 is 11.8 Å². The molecule has 0 radical (unpaired) electrons. The van der Waals surface area contributed by atoms with E-state index in [-0.39, 0.29) is 11.8 Å². The van der Waals surface area contributed by atoms with Gasteiger partial charge in [0.1, 0.15) is 5.78 Å². The van der Waals surface area contributed by atoms with Crippen LogP contribution in [0.4, 0.5) is 0 Å². The molecule has 0 aromatic carbocycles. The highest BCUT2D eigenvalue weighted by Crippen LogP contribution is 2.34. The molecule has 0 saturated heterocycles. The lowest BCUT2D eigenvalue weighted by Crippen LogP contribution is -2.27. The van der Waals surface area contributed by atoms with Crippen LogP contribution < -0.4 is 0 Å². The van der Waals surface area contributed by atoms with Crippen molar-refractivity contribution in [2.75, 3.05) is 0 Å². The predicted octanol–water partition coefficient (Wildman–Crippen LogP) is 4.75. The van der Waals surface area contributed by atoms with E-state index in [4.69, 9.17) is 5.11 Å². The van der Waals surface area contributed by atoms with E-state index in [2.05, 4.69) is 19.1 Å². The molecule has 0 heterocycles. The number of hydrogen-bond acceptors (Lipinski definition) is 3. The Morgan fingerprint density at radius 3 is 2.68 bits per heavy atom. The predicted molar refractivity (Wildman–Crippen MR) is 100 cm³/mol. The Labute approximate surface area is 152 Å². The van der Waals surface area contributed by atoms with Crippen molar-refractivity contribution in [1.29, 1.82) is 0 Å². The zero-order valence-electron chi connectivity index (χ0n) is 16.0. The molecule has 0 aliphatic heterocycles. The average molecular weight is 353 g/mol. The maximum atomic E-state index is 12.1. The van der Waals surface area contributed by atoms with Crippen molar-refractivity contribution < 1.29 is 19.8 Å². The number of aliphatic hydroxyl groups excluding tert-OH is 1. The van der Waals surface area contributed by atoms with E-state index in [0.29, 0.717) is 24.5 Å². The van der Waals surface area contributed by atoms with E-state index in [1.165, 1.54) is 25.7 Å². The summed E-state index contributed by atoms with van der Waals surface area (Å²) < 4.78 is 0. The van der Waals surface area contributed by atoms with Crippen LogP contribution in [-0.2, 0) is 9.59 Å². The number of carbonyl (C=O) groups is 2. The van der Waals surface area contributed by atoms with Gasteiger partial charge in [-0.05, 0) is 43.9 Å². The number of carboxylic acids is 1. The molecule has 1 aliphatic carbocycles. The summed E-state index contributed by atoms with van der Waals surface area (Å²) in [5.74, 6) is -0.468. The second-order valence-electron chi connectivity index (χ2n) is 7.60. The summed E-state index contributed by atoms with van der Waals surface area (Å²) in [5.41, 5.74) is 0. The van der Waals surface area contributed by atoms with E-state index >= 15 is 0 Å². The lowest BCUT2D eigenvalue weighted by atomic mass is 9.88. The lowest BCUT2D eigenvalue weighted by molar-refractivity contribution is -0.149. The molecular formula is C21H36O4. The van der Waals surface area contributed by atoms with Gasteiger partial charge in [0.25, 0.3) is 0 Å². The Morgan fingerprint density at radius 1 is 1.24 bits per heavy atom. The van der Waals surface area contributed by atoms with Gasteiger partial charge in [-0.3, -0.25) is 4.79 Å². The van der Waals surface area contributed by atoms with Gasteiger partial charge in [0, 0.05) is 12.3 Å². The Morgan fingerprint density at radius 2 is 2.00 bits per heavy atom. The first kappa shape index (κ1) is 21.9. The fourth-order valence-corrected chi connectivity index (χ4v) is 3.73. The number of allylic oxidation sites excluding steroid dienone is 2. The fraction of sp³-hybridized carbons (Fsp3) is 0.810. The van der Waals surface area contributed by atoms with Crippen LogP contribution in [0.25, 0.3) is 0 Å². The van der Waals surface area contributed by atoms with Crippen LogP contribution in [0.1, 0.15) is 84.5 Å². The first-order valence-electron chi connectivity index (χ1n) is 10.1. The van der Waals surface area contributed by atoms with Crippen molar-refractivity contribution in [1.82, 2.24) is 0 Å². The molecular weight excluding hydrogens is 316 g/mol. The zero-order valence-corrected chi connectivity index (χ0v) is 16.0. The summed E-state index contributed by atoms with van der Waals surface area (Å²) >= 11 is 0. The maximum absolute atomic E-state index is 12.1. The topological polar surface area (TPSA) is 74.6 Å². The lowest BCUT2D eigenvalue weighted by Gasteiger charge is -2.17. The summed E-state index contributed by atoms with van der Waals surface area (Å²) in [6, 6.07) is 0. The van der Waals surface area contributed by atoms with Crippen molar-refractivity contribution in [3.05, 3.63) is 12.2 Å². The molecule has 144 valence electrons. The van der Waals surface area contributed by atoms with Gasteiger partial charge >= 0.3 is 5.97 Å². The first-order chi connectivity index (χ1) is 12.0. The number of aliphatic hydroxyl groups is 1. The van der Waals surface area contributed by atoms with Gasteiger partial charge < -0.3 is 10.2 Å². The Hall–Kier alpha value is -1.16. The molecule has 4 nitrogen and oxygen atoms in total. The third kappa shape index (κ3) is 8.17. The summed E-state index contributed by atoms with van der Waals surface area (Å²) in [6.45, 7) is 3.98. The SMILES string of the molecule is CCCCCCC=C[C@H]1CCC(=O)[C@@H]1CCCCC(C)C(O)C(=O)O. The van der Waals surface area contributed by atoms with Crippen LogP contribution in [0, 0.1) is 17.8 Å². The van der Waals surface area contributed by atoms with Gasteiger partial charge in [-0.2, -0.15) is 0 Å². The highest BCUT2D eigenvalue weighted by atomic mass is 16.4. The van der Waals surface area contributed by atoms with Crippen molar-refractivity contribution in [2.24, 2.45) is 17.8 Å². The largest absolute Gasteiger partial charge is 0.479 e. The van der Waals surface area contributed by atoms with Crippen molar-refractivity contribution in [3.63, 3.8) is 0 Å². The quantitative estimate of drug-likeness (QED) is 0.370. The zero-order chi connectivity index (χ0) is 18.7. The van der Waals surface area contributed by atoms with Gasteiger partial charge in [-0.15, -0.1) is 0 Å². The Kier molecular flexibility index (Phi) is 10.7. The van der Waals surface area contributed by atoms with E-state index in [1.807, 2.05) is 0 Å². The van der Waals surface area contributed by atoms with Crippen LogP contribution >= 0.6 is 0 Å². The van der Waals surface area contributed by atoms with E-state index < -0.39 is 12.1 Å². The van der Waals surface area contributed by atoms with E-state index in [1.54, 1.807) is 6.92 Å². The number of Topliss-reactive ketones (excluding diaryl/α,β-unsaturated/α-hetero) is 1. The van der Waals surface area contributed by atoms with Gasteiger partial charge in [0.05, 0.1) is 0 Å². The number of rotatable bonds is 13. The van der Waals surface area contributed by atoms with Gasteiger partial charge in [0.15, 0.2) is 6.10 Å². The molecule has 0 aromatic rings. The molecule has 1 fully saturated rings. The Balaban J connectivity index is 2.28. The molecule has 1 aliphatic rings. The standard InChI is InChI=1S/C21H36O4/c1-3-4-5-6-7-8-12-17-14-15-19(22)18(17)13-10-9-11-16(2)20(23)21(24)25/h8,12,16-18,20,23H,3-7,9-11,13-15H2,1-2H3,(H,24,25)/t16?,17-,18+,20?/m0/s1. The molecule has 2 unspecified atom stereocenters. The molecule has 2 N–H and O–H groups in total. The molecule has 0 aromatic heterocycles. The van der Waals surface area contributed by atoms with Gasteiger partial charge in [-0.25, -0.2) is 4.79 Å². The smallest absolute Gasteiger partial charge is 0.332 e. The van der Waals surface area contributed by atoms with Crippen molar-refractivity contribution in [3.8, 4) is 0 Å². The normalized spacial score (nSPS) is 23.2. The number of carbonyl (C=O) groups excluding carboxylic acids is 1. The number of hydrogen-bond donors (Lipinski definition) is 2. The molecule has 4 atom stereocenters. The van der Waals surface area contributed by atoms with Crippen LogP contribution in [-0.4, -0.2) is 28.1 Å². The summed E-state index contributed by atoms with van der Waals surface area (Å²) in [4.78, 5) is 22.9. The second kappa shape index (κ2) is 12.2. The fourth-order valence-electron chi connectivity index (χ4n) is 3.73. The number of ketones is 1. The van der Waals surface area contributed by atoms with Gasteiger partial charge in [-0.1, -0.05) is 58.1 Å². The molecule has 1 rings (SSSR count). The second-order valence-corrected chi connectivity index (χ2v) is 7.60. The molecule has 1 saturated carbocycles. The van der Waals surface area contributed by atoms with Gasteiger partial charge in [0.2, 0.25) is 0 Å². The van der Waals surface area contributed by atoms with Crippen LogP contribution in [0.2, 0.25) is 0 Å². The van der Waals surface area contributed by atoms with E-state index in [0.717, 1.165) is 32.1 Å². The molecule has 0 amide bonds. The minimum Gasteiger partial charge on any atom is -0.479 e. The summed E-state index contributed by atoms with van der Waals surface area (Å²) in [7, 11) is 0. The minimum atomic E-state index is -1.28. The maximum Gasteiger partial charge on any atom is 0.332 e. The molecule has 4 heteroatoms. The van der Waals surface area contributed by atoms with E-state index in [9.17, 15) is 14.7 Å².